The van der Waals surface area contributed by atoms with E-state index in [2.05, 4.69) is 15.2 Å². The number of halogens is 6. The molecule has 18 heteroatoms. The number of aromatic amines is 1. The minimum Gasteiger partial charge on any atom is -0.368 e. The molecule has 212 valence electrons. The van der Waals surface area contributed by atoms with Gasteiger partial charge in [-0.1, -0.05) is 0 Å². The Morgan fingerprint density at radius 2 is 1.85 bits per heavy atom. The van der Waals surface area contributed by atoms with Gasteiger partial charge in [-0.15, -0.1) is 11.3 Å². The lowest BCUT2D eigenvalue weighted by Crippen LogP contribution is -2.54. The Morgan fingerprint density at radius 3 is 2.38 bits per heavy atom. The molecule has 1 aliphatic rings. The van der Waals surface area contributed by atoms with Crippen molar-refractivity contribution in [3.05, 3.63) is 47.1 Å². The van der Waals surface area contributed by atoms with Gasteiger partial charge in [0.1, 0.15) is 10.5 Å². The first-order valence-corrected chi connectivity index (χ1v) is 13.3. The van der Waals surface area contributed by atoms with Gasteiger partial charge in [-0.3, -0.25) is 9.89 Å². The zero-order valence-electron chi connectivity index (χ0n) is 19.8. The summed E-state index contributed by atoms with van der Waals surface area (Å²) in [7, 11) is -4.45. The summed E-state index contributed by atoms with van der Waals surface area (Å²) < 4.78 is 109. The number of thiophene rings is 1. The van der Waals surface area contributed by atoms with E-state index < -0.39 is 54.6 Å². The first-order valence-electron chi connectivity index (χ1n) is 11.0. The van der Waals surface area contributed by atoms with E-state index in [1.165, 1.54) is 24.0 Å². The summed E-state index contributed by atoms with van der Waals surface area (Å²) in [5.74, 6) is -2.00. The second-order valence-electron chi connectivity index (χ2n) is 8.67. The molecule has 0 spiro atoms. The summed E-state index contributed by atoms with van der Waals surface area (Å²) in [6, 6.07) is 4.09. The van der Waals surface area contributed by atoms with Crippen molar-refractivity contribution >= 4 is 33.0 Å². The van der Waals surface area contributed by atoms with Crippen LogP contribution in [0, 0.1) is 0 Å². The highest BCUT2D eigenvalue weighted by atomic mass is 32.2. The van der Waals surface area contributed by atoms with Crippen LogP contribution in [0.5, 0.6) is 0 Å². The molecule has 0 bridgehead atoms. The molecule has 1 unspecified atom stereocenters. The first-order chi connectivity index (χ1) is 18.0. The predicted molar refractivity (Wildman–Crippen MR) is 126 cm³/mol. The highest BCUT2D eigenvalue weighted by Crippen LogP contribution is 2.44. The average Bonchev–Trinajstić information content (AvgIpc) is 3.54. The van der Waals surface area contributed by atoms with E-state index in [0.29, 0.717) is 6.07 Å². The number of hydrogen-bond acceptors (Lipinski definition) is 8. The molecule has 1 amide bonds. The Labute approximate surface area is 221 Å². The van der Waals surface area contributed by atoms with Crippen molar-refractivity contribution in [3.8, 4) is 11.4 Å². The van der Waals surface area contributed by atoms with Crippen LogP contribution in [0.2, 0.25) is 0 Å². The molecule has 4 N–H and O–H groups in total. The van der Waals surface area contributed by atoms with E-state index in [-0.39, 0.29) is 48.0 Å². The van der Waals surface area contributed by atoms with Crippen LogP contribution in [0.4, 0.5) is 32.0 Å². The van der Waals surface area contributed by atoms with Crippen molar-refractivity contribution in [2.24, 2.45) is 5.73 Å². The number of nitrogens with one attached hydrogen (secondary N) is 1. The lowest BCUT2D eigenvalue weighted by molar-refractivity contribution is -0.254. The summed E-state index contributed by atoms with van der Waals surface area (Å²) in [5.41, 5.74) is -0.351. The summed E-state index contributed by atoms with van der Waals surface area (Å²) in [6.45, 7) is 0.803. The maximum absolute atomic E-state index is 13.9. The third kappa shape index (κ3) is 5.08. The topological polar surface area (TPSA) is 146 Å². The number of H-pyrrole nitrogens is 1. The highest BCUT2D eigenvalue weighted by Gasteiger charge is 2.61. The summed E-state index contributed by atoms with van der Waals surface area (Å²) in [5, 5.41) is 16.1. The minimum absolute atomic E-state index is 0.0241. The molecule has 2 atom stereocenters. The molecule has 1 aromatic carbocycles. The Morgan fingerprint density at radius 1 is 1.15 bits per heavy atom. The van der Waals surface area contributed by atoms with E-state index >= 15 is 0 Å². The van der Waals surface area contributed by atoms with E-state index in [4.69, 9.17) is 5.73 Å². The van der Waals surface area contributed by atoms with Gasteiger partial charge < -0.3 is 15.7 Å². The summed E-state index contributed by atoms with van der Waals surface area (Å²) in [4.78, 5) is 15.6. The Kier molecular flexibility index (Phi) is 7.20. The van der Waals surface area contributed by atoms with Crippen molar-refractivity contribution in [2.75, 3.05) is 24.5 Å². The first kappa shape index (κ1) is 28.8. The number of alkyl halides is 6. The molecular formula is C21H20F6N6O4S2. The monoisotopic (exact) mass is 598 g/mol. The molecule has 4 rings (SSSR count). The van der Waals surface area contributed by atoms with E-state index in [0.717, 1.165) is 22.8 Å². The van der Waals surface area contributed by atoms with Crippen LogP contribution in [0.15, 0.2) is 40.9 Å². The van der Waals surface area contributed by atoms with Crippen LogP contribution in [0.25, 0.3) is 11.4 Å². The van der Waals surface area contributed by atoms with Gasteiger partial charge in [-0.25, -0.2) is 13.4 Å². The molecular weight excluding hydrogens is 578 g/mol. The fourth-order valence-electron chi connectivity index (χ4n) is 4.22. The molecule has 1 aliphatic heterocycles. The molecule has 2 aromatic heterocycles. The number of carbonyl (C=O) groups excluding carboxylic acids is 1. The van der Waals surface area contributed by atoms with Crippen LogP contribution < -0.4 is 10.6 Å². The van der Waals surface area contributed by atoms with Gasteiger partial charge in [0.25, 0.3) is 21.5 Å². The number of primary amides is 1. The number of aliphatic hydroxyl groups is 1. The normalized spacial score (nSPS) is 19.2. The lowest BCUT2D eigenvalue weighted by Gasteiger charge is -2.40. The van der Waals surface area contributed by atoms with E-state index in [1.807, 2.05) is 0 Å². The Hall–Kier alpha value is -3.22. The fraction of sp³-hybridized carbons (Fsp3) is 0.381. The Balaban J connectivity index is 1.60. The maximum atomic E-state index is 13.9. The van der Waals surface area contributed by atoms with Crippen molar-refractivity contribution in [1.82, 2.24) is 19.5 Å². The van der Waals surface area contributed by atoms with Gasteiger partial charge in [0.15, 0.2) is 5.82 Å². The molecule has 0 saturated carbocycles. The van der Waals surface area contributed by atoms with Gasteiger partial charge >= 0.3 is 12.4 Å². The van der Waals surface area contributed by atoms with Gasteiger partial charge in [0.05, 0.1) is 10.4 Å². The summed E-state index contributed by atoms with van der Waals surface area (Å²) >= 11 is 0.0241. The van der Waals surface area contributed by atoms with Gasteiger partial charge in [-0.05, 0) is 37.3 Å². The number of nitrogens with zero attached hydrogens (tertiary/aromatic N) is 4. The molecule has 1 fully saturated rings. The minimum atomic E-state index is -5.51. The molecule has 0 aliphatic carbocycles. The molecule has 1 saturated heterocycles. The third-order valence-electron chi connectivity index (χ3n) is 6.17. The fourth-order valence-corrected chi connectivity index (χ4v) is 7.38. The van der Waals surface area contributed by atoms with Crippen LogP contribution in [-0.4, -0.2) is 70.8 Å². The van der Waals surface area contributed by atoms with Crippen molar-refractivity contribution in [3.63, 3.8) is 0 Å². The number of amides is 1. The van der Waals surface area contributed by atoms with Gasteiger partial charge in [0, 0.05) is 36.9 Å². The number of rotatable bonds is 6. The number of carbonyl (C=O) groups is 1. The number of benzene rings is 1. The average molecular weight is 599 g/mol. The zero-order valence-corrected chi connectivity index (χ0v) is 21.4. The van der Waals surface area contributed by atoms with Crippen LogP contribution in [0.3, 0.4) is 0 Å². The Bertz CT molecular complexity index is 1470. The van der Waals surface area contributed by atoms with Crippen LogP contribution in [0.1, 0.15) is 17.4 Å². The number of piperazine rings is 1. The number of hydrogen-bond donors (Lipinski definition) is 3. The number of sulfonamides is 1. The standard InChI is InChI=1S/C21H20F6N6O4S2/c1-11-9-32(14-3-2-12(17-29-10-30-31-17)8-13(14)20(22,23)24)6-7-33(11)39(36,37)16-5-4-15(38-16)19(35,18(28)34)21(25,26)27/h2-5,8,10-11,35H,6-7,9H2,1H3,(H2,28,34)(H,29,30,31)/t11-,19?/m1/s1. The highest BCUT2D eigenvalue weighted by molar-refractivity contribution is 7.91. The molecule has 10 nitrogen and oxygen atoms in total. The van der Waals surface area contributed by atoms with Gasteiger partial charge in [0.2, 0.25) is 0 Å². The molecule has 0 radical (unpaired) electrons. The zero-order chi connectivity index (χ0) is 29.0. The number of nitrogens with two attached hydrogens (primary N) is 1. The van der Waals surface area contributed by atoms with Crippen LogP contribution in [-0.2, 0) is 26.6 Å². The SMILES string of the molecule is C[C@@H]1CN(c2ccc(-c3ncn[nH]3)cc2C(F)(F)F)CCN1S(=O)(=O)c1ccc(C(O)(C(N)=O)C(F)(F)F)s1. The molecule has 3 heterocycles. The third-order valence-corrected chi connectivity index (χ3v) is 9.84. The number of aromatic nitrogens is 3. The quantitative estimate of drug-likeness (QED) is 0.370. The summed E-state index contributed by atoms with van der Waals surface area (Å²) in [6.07, 6.45) is -9.12. The predicted octanol–water partition coefficient (Wildman–Crippen LogP) is 2.69. The largest absolute Gasteiger partial charge is 0.431 e. The van der Waals surface area contributed by atoms with Gasteiger partial charge in [-0.2, -0.15) is 35.7 Å². The van der Waals surface area contributed by atoms with E-state index in [1.54, 1.807) is 0 Å². The van der Waals surface area contributed by atoms with Crippen molar-refractivity contribution in [1.29, 1.82) is 0 Å². The van der Waals surface area contributed by atoms with E-state index in [9.17, 15) is 44.7 Å². The maximum Gasteiger partial charge on any atom is 0.431 e. The second kappa shape index (κ2) is 9.76. The number of anilines is 1. The lowest BCUT2D eigenvalue weighted by atomic mass is 10.0. The van der Waals surface area contributed by atoms with Crippen LogP contribution >= 0.6 is 11.3 Å². The van der Waals surface area contributed by atoms with Crippen molar-refractivity contribution < 1.29 is 44.7 Å². The second-order valence-corrected chi connectivity index (χ2v) is 11.9. The smallest absolute Gasteiger partial charge is 0.368 e. The molecule has 39 heavy (non-hydrogen) atoms. The molecule has 3 aromatic rings. The van der Waals surface area contributed by atoms with Crippen molar-refractivity contribution in [2.45, 2.75) is 35.1 Å².